The zero-order chi connectivity index (χ0) is 16.2. The molecule has 0 saturated heterocycles. The first-order valence-electron chi connectivity index (χ1n) is 7.37. The molecule has 1 aliphatic rings. The molecule has 0 aliphatic heterocycles. The van der Waals surface area contributed by atoms with Gasteiger partial charge in [-0.1, -0.05) is 19.3 Å². The Balaban J connectivity index is 1.81. The Labute approximate surface area is 136 Å². The molecule has 8 heteroatoms. The third kappa shape index (κ3) is 3.51. The van der Waals surface area contributed by atoms with E-state index in [-0.39, 0.29) is 11.3 Å². The van der Waals surface area contributed by atoms with Gasteiger partial charge >= 0.3 is 0 Å². The number of nitrogens with zero attached hydrogens (tertiary/aromatic N) is 4. The van der Waals surface area contributed by atoms with Gasteiger partial charge in [-0.15, -0.1) is 10.2 Å². The van der Waals surface area contributed by atoms with Crippen molar-refractivity contribution < 1.29 is 9.34 Å². The maximum Gasteiger partial charge on any atom is 0.284 e. The molecule has 0 amide bonds. The molecule has 3 rings (SSSR count). The fraction of sp³-hybridized carbons (Fsp3) is 0.400. The fourth-order valence-corrected chi connectivity index (χ4v) is 3.46. The summed E-state index contributed by atoms with van der Waals surface area (Å²) < 4.78 is 5.67. The number of nitro benzene ring substituents is 1. The van der Waals surface area contributed by atoms with E-state index in [9.17, 15) is 10.1 Å². The van der Waals surface area contributed by atoms with Crippen molar-refractivity contribution in [2.75, 3.05) is 0 Å². The van der Waals surface area contributed by atoms with Crippen molar-refractivity contribution in [3.63, 3.8) is 0 Å². The summed E-state index contributed by atoms with van der Waals surface area (Å²) in [5.74, 6) is 0.907. The minimum absolute atomic E-state index is 0.133. The SMILES string of the molecule is N#Cc1ccc(Sc2nnc(C3CCCCC3)o2)c([N+](=O)[O-])c1. The number of hydrogen-bond acceptors (Lipinski definition) is 7. The van der Waals surface area contributed by atoms with Crippen LogP contribution in [-0.2, 0) is 0 Å². The van der Waals surface area contributed by atoms with Gasteiger partial charge in [0.2, 0.25) is 5.89 Å². The lowest BCUT2D eigenvalue weighted by molar-refractivity contribution is -0.387. The van der Waals surface area contributed by atoms with Crippen molar-refractivity contribution in [2.45, 2.75) is 48.1 Å². The Morgan fingerprint density at radius 1 is 1.30 bits per heavy atom. The van der Waals surface area contributed by atoms with Crippen LogP contribution in [-0.4, -0.2) is 15.1 Å². The highest BCUT2D eigenvalue weighted by molar-refractivity contribution is 7.99. The normalized spacial score (nSPS) is 15.3. The summed E-state index contributed by atoms with van der Waals surface area (Å²) in [5, 5.41) is 28.4. The summed E-state index contributed by atoms with van der Waals surface area (Å²) in [6.07, 6.45) is 5.66. The van der Waals surface area contributed by atoms with Gasteiger partial charge < -0.3 is 4.42 Å². The van der Waals surface area contributed by atoms with Crippen molar-refractivity contribution in [1.82, 2.24) is 10.2 Å². The fourth-order valence-electron chi connectivity index (χ4n) is 2.69. The minimum atomic E-state index is -0.512. The molecule has 1 fully saturated rings. The van der Waals surface area contributed by atoms with E-state index in [1.54, 1.807) is 0 Å². The number of rotatable bonds is 4. The zero-order valence-corrected chi connectivity index (χ0v) is 13.1. The second kappa shape index (κ2) is 6.79. The molecule has 0 spiro atoms. The van der Waals surface area contributed by atoms with E-state index in [1.165, 1.54) is 24.6 Å². The van der Waals surface area contributed by atoms with Crippen LogP contribution in [0.4, 0.5) is 5.69 Å². The van der Waals surface area contributed by atoms with E-state index in [2.05, 4.69) is 10.2 Å². The maximum absolute atomic E-state index is 11.1. The van der Waals surface area contributed by atoms with Crippen LogP contribution in [0.25, 0.3) is 0 Å². The van der Waals surface area contributed by atoms with Crippen molar-refractivity contribution in [1.29, 1.82) is 5.26 Å². The van der Waals surface area contributed by atoms with Crippen LogP contribution >= 0.6 is 11.8 Å². The molecule has 7 nitrogen and oxygen atoms in total. The Kier molecular flexibility index (Phi) is 4.57. The minimum Gasteiger partial charge on any atom is -0.415 e. The standard InChI is InChI=1S/C15H14N4O3S/c16-9-10-6-7-13(12(8-10)19(20)21)23-15-18-17-14(22-15)11-4-2-1-3-5-11/h6-8,11H,1-5H2. The van der Waals surface area contributed by atoms with Gasteiger partial charge in [-0.25, -0.2) is 0 Å². The highest BCUT2D eigenvalue weighted by Crippen LogP contribution is 2.37. The van der Waals surface area contributed by atoms with Crippen molar-refractivity contribution in [2.24, 2.45) is 0 Å². The largest absolute Gasteiger partial charge is 0.415 e. The molecule has 1 saturated carbocycles. The number of benzene rings is 1. The molecular formula is C15H14N4O3S. The van der Waals surface area contributed by atoms with Crippen molar-refractivity contribution >= 4 is 17.4 Å². The molecule has 0 unspecified atom stereocenters. The molecule has 23 heavy (non-hydrogen) atoms. The topological polar surface area (TPSA) is 106 Å². The first kappa shape index (κ1) is 15.5. The van der Waals surface area contributed by atoms with Gasteiger partial charge in [-0.05, 0) is 36.7 Å². The van der Waals surface area contributed by atoms with Gasteiger partial charge in [0.05, 0.1) is 21.5 Å². The van der Waals surface area contributed by atoms with Crippen LogP contribution in [0.15, 0.2) is 32.7 Å². The van der Waals surface area contributed by atoms with Crippen LogP contribution < -0.4 is 0 Å². The van der Waals surface area contributed by atoms with E-state index in [0.717, 1.165) is 37.4 Å². The molecular weight excluding hydrogens is 316 g/mol. The third-order valence-electron chi connectivity index (χ3n) is 3.86. The van der Waals surface area contributed by atoms with Crippen LogP contribution in [0.2, 0.25) is 0 Å². The lowest BCUT2D eigenvalue weighted by Crippen LogP contribution is -2.04. The Bertz CT molecular complexity index is 762. The van der Waals surface area contributed by atoms with Crippen LogP contribution in [0.5, 0.6) is 0 Å². The average molecular weight is 330 g/mol. The molecule has 1 heterocycles. The number of hydrogen-bond donors (Lipinski definition) is 0. The predicted molar refractivity (Wildman–Crippen MR) is 82.1 cm³/mol. The summed E-state index contributed by atoms with van der Waals surface area (Å²) in [7, 11) is 0. The smallest absolute Gasteiger partial charge is 0.284 e. The third-order valence-corrected chi connectivity index (χ3v) is 4.76. The van der Waals surface area contributed by atoms with Gasteiger partial charge in [-0.2, -0.15) is 5.26 Å². The predicted octanol–water partition coefficient (Wildman–Crippen LogP) is 4.05. The van der Waals surface area contributed by atoms with Crippen LogP contribution in [0, 0.1) is 21.4 Å². The quantitative estimate of drug-likeness (QED) is 0.615. The molecule has 0 N–H and O–H groups in total. The van der Waals surface area contributed by atoms with Gasteiger partial charge in [0.15, 0.2) is 0 Å². The van der Waals surface area contributed by atoms with Gasteiger partial charge in [0.1, 0.15) is 0 Å². The lowest BCUT2D eigenvalue weighted by atomic mass is 9.89. The van der Waals surface area contributed by atoms with Gasteiger partial charge in [0.25, 0.3) is 10.9 Å². The van der Waals surface area contributed by atoms with Gasteiger partial charge in [0, 0.05) is 12.0 Å². The van der Waals surface area contributed by atoms with E-state index in [0.29, 0.717) is 21.9 Å². The molecule has 1 aliphatic carbocycles. The van der Waals surface area contributed by atoms with E-state index >= 15 is 0 Å². The summed E-state index contributed by atoms with van der Waals surface area (Å²) in [6.45, 7) is 0. The highest BCUT2D eigenvalue weighted by atomic mass is 32.2. The van der Waals surface area contributed by atoms with E-state index in [4.69, 9.17) is 9.68 Å². The first-order chi connectivity index (χ1) is 11.2. The summed E-state index contributed by atoms with van der Waals surface area (Å²) in [6, 6.07) is 6.22. The summed E-state index contributed by atoms with van der Waals surface area (Å²) >= 11 is 1.06. The maximum atomic E-state index is 11.1. The van der Waals surface area contributed by atoms with Crippen molar-refractivity contribution in [3.8, 4) is 6.07 Å². The van der Waals surface area contributed by atoms with Crippen LogP contribution in [0.3, 0.4) is 0 Å². The monoisotopic (exact) mass is 330 g/mol. The van der Waals surface area contributed by atoms with Gasteiger partial charge in [-0.3, -0.25) is 10.1 Å². The molecule has 0 radical (unpaired) electrons. The molecule has 1 aromatic carbocycles. The lowest BCUT2D eigenvalue weighted by Gasteiger charge is -2.17. The van der Waals surface area contributed by atoms with Crippen molar-refractivity contribution in [3.05, 3.63) is 39.8 Å². The number of nitro groups is 1. The second-order valence-electron chi connectivity index (χ2n) is 5.39. The van der Waals surface area contributed by atoms with E-state index in [1.807, 2.05) is 6.07 Å². The van der Waals surface area contributed by atoms with E-state index < -0.39 is 4.92 Å². The Morgan fingerprint density at radius 3 is 2.78 bits per heavy atom. The zero-order valence-electron chi connectivity index (χ0n) is 12.3. The summed E-state index contributed by atoms with van der Waals surface area (Å²) in [4.78, 5) is 11.0. The number of nitriles is 1. The molecule has 118 valence electrons. The first-order valence-corrected chi connectivity index (χ1v) is 8.19. The molecule has 0 atom stereocenters. The Hall–Kier alpha value is -2.40. The second-order valence-corrected chi connectivity index (χ2v) is 6.39. The molecule has 1 aromatic heterocycles. The summed E-state index contributed by atoms with van der Waals surface area (Å²) in [5.41, 5.74) is 0.112. The average Bonchev–Trinajstić information content (AvgIpc) is 3.04. The Morgan fingerprint density at radius 2 is 2.09 bits per heavy atom. The highest BCUT2D eigenvalue weighted by Gasteiger charge is 2.23. The molecule has 0 bridgehead atoms. The molecule has 2 aromatic rings. The van der Waals surface area contributed by atoms with Crippen LogP contribution in [0.1, 0.15) is 49.5 Å². The number of aromatic nitrogens is 2.